The van der Waals surface area contributed by atoms with Crippen molar-refractivity contribution < 1.29 is 14.3 Å². The van der Waals surface area contributed by atoms with Gasteiger partial charge in [0, 0.05) is 25.2 Å². The van der Waals surface area contributed by atoms with Crippen molar-refractivity contribution >= 4 is 11.8 Å². The summed E-state index contributed by atoms with van der Waals surface area (Å²) in [4.78, 5) is 26.9. The van der Waals surface area contributed by atoms with Gasteiger partial charge >= 0.3 is 0 Å². The number of hydrogen-bond donors (Lipinski definition) is 2. The third-order valence-corrected chi connectivity index (χ3v) is 4.60. The van der Waals surface area contributed by atoms with Gasteiger partial charge < -0.3 is 20.7 Å². The van der Waals surface area contributed by atoms with E-state index in [0.717, 1.165) is 6.42 Å². The first-order chi connectivity index (χ1) is 12.2. The number of nitrogens with one attached hydrogen (secondary N) is 1. The highest BCUT2D eigenvalue weighted by atomic mass is 16.5. The van der Waals surface area contributed by atoms with Crippen LogP contribution in [0.5, 0.6) is 5.75 Å². The van der Waals surface area contributed by atoms with Crippen molar-refractivity contribution in [3.63, 3.8) is 0 Å². The molecule has 1 aromatic carbocycles. The van der Waals surface area contributed by atoms with Gasteiger partial charge in [0.1, 0.15) is 11.8 Å². The molecule has 0 aliphatic heterocycles. The van der Waals surface area contributed by atoms with Gasteiger partial charge in [-0.25, -0.2) is 0 Å². The molecule has 0 fully saturated rings. The smallest absolute Gasteiger partial charge is 0.251 e. The van der Waals surface area contributed by atoms with Crippen LogP contribution in [-0.2, 0) is 4.79 Å². The molecule has 26 heavy (non-hydrogen) atoms. The normalized spacial score (nSPS) is 13.4. The van der Waals surface area contributed by atoms with Crippen LogP contribution >= 0.6 is 0 Å². The topological polar surface area (TPSA) is 84.7 Å². The fourth-order valence-electron chi connectivity index (χ4n) is 2.50. The summed E-state index contributed by atoms with van der Waals surface area (Å²) >= 11 is 0. The van der Waals surface area contributed by atoms with Crippen LogP contribution < -0.4 is 15.8 Å². The second-order valence-electron chi connectivity index (χ2n) is 7.38. The summed E-state index contributed by atoms with van der Waals surface area (Å²) in [6, 6.07) is 6.28. The number of amides is 2. The maximum absolute atomic E-state index is 12.8. The van der Waals surface area contributed by atoms with Crippen molar-refractivity contribution in [1.82, 2.24) is 10.2 Å². The lowest BCUT2D eigenvalue weighted by molar-refractivity contribution is -0.133. The minimum Gasteiger partial charge on any atom is -0.497 e. The van der Waals surface area contributed by atoms with E-state index in [2.05, 4.69) is 19.2 Å². The van der Waals surface area contributed by atoms with Gasteiger partial charge in [-0.1, -0.05) is 27.7 Å². The number of carbonyl (C=O) groups excluding carboxylic acids is 2. The Morgan fingerprint density at radius 3 is 2.15 bits per heavy atom. The molecular weight excluding hydrogens is 330 g/mol. The molecule has 0 aromatic heterocycles. The highest BCUT2D eigenvalue weighted by Crippen LogP contribution is 2.13. The first-order valence-electron chi connectivity index (χ1n) is 9.12. The SMILES string of the molecule is COc1ccc(C(=O)NC(C(=O)N(C)CCC(N)C(C)C)C(C)C)cc1. The summed E-state index contributed by atoms with van der Waals surface area (Å²) in [7, 11) is 3.33. The van der Waals surface area contributed by atoms with Crippen LogP contribution in [0.1, 0.15) is 44.5 Å². The minimum absolute atomic E-state index is 0.0223. The fourth-order valence-corrected chi connectivity index (χ4v) is 2.50. The van der Waals surface area contributed by atoms with Crippen molar-refractivity contribution in [1.29, 1.82) is 0 Å². The van der Waals surface area contributed by atoms with Crippen LogP contribution in [-0.4, -0.2) is 49.5 Å². The molecule has 0 saturated heterocycles. The summed E-state index contributed by atoms with van der Waals surface area (Å²) in [6.45, 7) is 8.55. The Kier molecular flexibility index (Phi) is 8.58. The van der Waals surface area contributed by atoms with Gasteiger partial charge in [-0.15, -0.1) is 0 Å². The van der Waals surface area contributed by atoms with Crippen LogP contribution in [0.15, 0.2) is 24.3 Å². The Bertz CT molecular complexity index is 584. The molecule has 2 amide bonds. The molecule has 3 N–H and O–H groups in total. The average Bonchev–Trinajstić information content (AvgIpc) is 2.62. The zero-order valence-electron chi connectivity index (χ0n) is 16.8. The third-order valence-electron chi connectivity index (χ3n) is 4.60. The Labute approximate surface area is 157 Å². The van der Waals surface area contributed by atoms with Crippen LogP contribution in [0.25, 0.3) is 0 Å². The van der Waals surface area contributed by atoms with Crippen molar-refractivity contribution in [3.05, 3.63) is 29.8 Å². The summed E-state index contributed by atoms with van der Waals surface area (Å²) in [5, 5.41) is 2.86. The molecule has 0 aliphatic rings. The van der Waals surface area contributed by atoms with E-state index in [4.69, 9.17) is 10.5 Å². The number of carbonyl (C=O) groups is 2. The second kappa shape index (κ2) is 10.2. The van der Waals surface area contributed by atoms with Crippen molar-refractivity contribution in [2.45, 2.75) is 46.2 Å². The molecule has 1 aromatic rings. The van der Waals surface area contributed by atoms with Gasteiger partial charge in [-0.2, -0.15) is 0 Å². The van der Waals surface area contributed by atoms with Crippen LogP contribution in [0.3, 0.4) is 0 Å². The molecule has 0 bridgehead atoms. The molecule has 0 radical (unpaired) electrons. The predicted octanol–water partition coefficient (Wildman–Crippen LogP) is 2.28. The highest BCUT2D eigenvalue weighted by molar-refractivity contribution is 5.97. The second-order valence-corrected chi connectivity index (χ2v) is 7.38. The fraction of sp³-hybridized carbons (Fsp3) is 0.600. The molecule has 2 atom stereocenters. The van der Waals surface area contributed by atoms with E-state index >= 15 is 0 Å². The molecule has 6 nitrogen and oxygen atoms in total. The summed E-state index contributed by atoms with van der Waals surface area (Å²) in [6.07, 6.45) is 0.733. The zero-order chi connectivity index (χ0) is 19.9. The Morgan fingerprint density at radius 2 is 1.69 bits per heavy atom. The van der Waals surface area contributed by atoms with Crippen molar-refractivity contribution in [2.24, 2.45) is 17.6 Å². The lowest BCUT2D eigenvalue weighted by atomic mass is 10.00. The molecule has 0 heterocycles. The first-order valence-corrected chi connectivity index (χ1v) is 9.12. The van der Waals surface area contributed by atoms with Gasteiger partial charge in [0.15, 0.2) is 0 Å². The molecule has 146 valence electrons. The molecule has 0 spiro atoms. The molecule has 1 rings (SSSR count). The van der Waals surface area contributed by atoms with Crippen LogP contribution in [0.2, 0.25) is 0 Å². The first kappa shape index (κ1) is 22.0. The van der Waals surface area contributed by atoms with E-state index < -0.39 is 6.04 Å². The number of nitrogens with zero attached hydrogens (tertiary/aromatic N) is 1. The van der Waals surface area contributed by atoms with Crippen molar-refractivity contribution in [2.75, 3.05) is 20.7 Å². The summed E-state index contributed by atoms with van der Waals surface area (Å²) < 4.78 is 5.10. The van der Waals surface area contributed by atoms with Crippen LogP contribution in [0.4, 0.5) is 0 Å². The number of benzene rings is 1. The maximum Gasteiger partial charge on any atom is 0.251 e. The summed E-state index contributed by atoms with van der Waals surface area (Å²) in [5.74, 6) is 0.657. The Morgan fingerprint density at radius 1 is 1.12 bits per heavy atom. The number of ether oxygens (including phenoxy) is 1. The van der Waals surface area contributed by atoms with Crippen LogP contribution in [0, 0.1) is 11.8 Å². The number of methoxy groups -OCH3 is 1. The number of likely N-dealkylation sites (N-methyl/N-ethyl adjacent to an activating group) is 1. The Balaban J connectivity index is 2.74. The van der Waals surface area contributed by atoms with Gasteiger partial charge in [-0.05, 0) is 42.5 Å². The molecule has 0 saturated carbocycles. The number of nitrogens with two attached hydrogens (primary N) is 1. The number of rotatable bonds is 9. The quantitative estimate of drug-likeness (QED) is 0.705. The maximum atomic E-state index is 12.8. The third kappa shape index (κ3) is 6.33. The van der Waals surface area contributed by atoms with E-state index in [9.17, 15) is 9.59 Å². The monoisotopic (exact) mass is 363 g/mol. The van der Waals surface area contributed by atoms with Gasteiger partial charge in [-0.3, -0.25) is 9.59 Å². The average molecular weight is 364 g/mol. The van der Waals surface area contributed by atoms with Gasteiger partial charge in [0.25, 0.3) is 5.91 Å². The largest absolute Gasteiger partial charge is 0.497 e. The van der Waals surface area contributed by atoms with Gasteiger partial charge in [0.2, 0.25) is 5.91 Å². The van der Waals surface area contributed by atoms with Gasteiger partial charge in [0.05, 0.1) is 7.11 Å². The molecule has 6 heteroatoms. The Hall–Kier alpha value is -2.08. The standard InChI is InChI=1S/C20H33N3O3/c1-13(2)17(21)11-12-23(5)20(25)18(14(3)4)22-19(24)15-7-9-16(26-6)10-8-15/h7-10,13-14,17-18H,11-12,21H2,1-6H3,(H,22,24). The highest BCUT2D eigenvalue weighted by Gasteiger charge is 2.27. The summed E-state index contributed by atoms with van der Waals surface area (Å²) in [5.41, 5.74) is 6.56. The lowest BCUT2D eigenvalue weighted by Crippen LogP contribution is -2.50. The van der Waals surface area contributed by atoms with Crippen molar-refractivity contribution in [3.8, 4) is 5.75 Å². The minimum atomic E-state index is -0.579. The van der Waals surface area contributed by atoms with E-state index in [1.807, 2.05) is 13.8 Å². The lowest BCUT2D eigenvalue weighted by Gasteiger charge is -2.28. The number of hydrogen-bond acceptors (Lipinski definition) is 4. The zero-order valence-corrected chi connectivity index (χ0v) is 16.8. The molecule has 2 unspecified atom stereocenters. The van der Waals surface area contributed by atoms with E-state index in [1.165, 1.54) is 0 Å². The van der Waals surface area contributed by atoms with E-state index in [0.29, 0.717) is 23.8 Å². The molecule has 0 aliphatic carbocycles. The van der Waals surface area contributed by atoms with E-state index in [-0.39, 0.29) is 23.8 Å². The molecular formula is C20H33N3O3. The van der Waals surface area contributed by atoms with E-state index in [1.54, 1.807) is 43.3 Å². The predicted molar refractivity (Wildman–Crippen MR) is 104 cm³/mol.